The molecule has 0 amide bonds. The number of aliphatic hydroxyl groups excluding tert-OH is 1. The van der Waals surface area contributed by atoms with E-state index < -0.39 is 11.6 Å². The van der Waals surface area contributed by atoms with Crippen LogP contribution in [0.4, 0.5) is 20.2 Å². The molecule has 1 aromatic carbocycles. The number of nitrogens with zero attached hydrogens (tertiary/aromatic N) is 1. The van der Waals surface area contributed by atoms with Crippen LogP contribution in [0.15, 0.2) is 12.1 Å². The summed E-state index contributed by atoms with van der Waals surface area (Å²) < 4.78 is 26.4. The highest BCUT2D eigenvalue weighted by molar-refractivity contribution is 5.69. The maximum atomic E-state index is 13.3. The van der Waals surface area contributed by atoms with Crippen molar-refractivity contribution in [1.82, 2.24) is 0 Å². The van der Waals surface area contributed by atoms with Gasteiger partial charge in [-0.05, 0) is 18.9 Å². The Kier molecular flexibility index (Phi) is 2.96. The first-order valence-electron chi connectivity index (χ1n) is 5.25. The van der Waals surface area contributed by atoms with Crippen molar-refractivity contribution >= 4 is 11.4 Å². The predicted octanol–water partition coefficient (Wildman–Crippen LogP) is 1.51. The number of anilines is 2. The fraction of sp³-hybridized carbons (Fsp3) is 0.455. The fourth-order valence-electron chi connectivity index (χ4n) is 2.15. The lowest BCUT2D eigenvalue weighted by Gasteiger charge is -2.26. The molecule has 1 aliphatic rings. The van der Waals surface area contributed by atoms with Crippen molar-refractivity contribution < 1.29 is 13.9 Å². The quantitative estimate of drug-likeness (QED) is 0.754. The summed E-state index contributed by atoms with van der Waals surface area (Å²) in [5.41, 5.74) is 5.87. The van der Waals surface area contributed by atoms with E-state index in [9.17, 15) is 8.78 Å². The van der Waals surface area contributed by atoms with Crippen LogP contribution in [0.3, 0.4) is 0 Å². The van der Waals surface area contributed by atoms with E-state index in [1.54, 1.807) is 4.90 Å². The molecule has 88 valence electrons. The number of nitrogens with two attached hydrogens (primary N) is 1. The minimum absolute atomic E-state index is 0.0302. The summed E-state index contributed by atoms with van der Waals surface area (Å²) in [7, 11) is 0. The van der Waals surface area contributed by atoms with Gasteiger partial charge in [-0.1, -0.05) is 0 Å². The summed E-state index contributed by atoms with van der Waals surface area (Å²) in [5.74, 6) is -1.40. The van der Waals surface area contributed by atoms with Gasteiger partial charge in [0.1, 0.15) is 5.82 Å². The van der Waals surface area contributed by atoms with Crippen molar-refractivity contribution in [3.63, 3.8) is 0 Å². The lowest BCUT2D eigenvalue weighted by atomic mass is 10.2. The number of aliphatic hydroxyl groups is 1. The van der Waals surface area contributed by atoms with Crippen LogP contribution in [0.5, 0.6) is 0 Å². The zero-order valence-corrected chi connectivity index (χ0v) is 8.79. The minimum Gasteiger partial charge on any atom is -0.395 e. The molecule has 5 heteroatoms. The van der Waals surface area contributed by atoms with Gasteiger partial charge in [-0.3, -0.25) is 0 Å². The van der Waals surface area contributed by atoms with Crippen LogP contribution in [-0.2, 0) is 0 Å². The normalized spacial score (nSPS) is 20.4. The van der Waals surface area contributed by atoms with Crippen LogP contribution in [-0.4, -0.2) is 24.3 Å². The first-order chi connectivity index (χ1) is 7.63. The second kappa shape index (κ2) is 4.25. The number of hydrogen-bond acceptors (Lipinski definition) is 3. The molecule has 1 aliphatic heterocycles. The molecule has 3 nitrogen and oxygen atoms in total. The highest BCUT2D eigenvalue weighted by Crippen LogP contribution is 2.32. The van der Waals surface area contributed by atoms with Crippen LogP contribution in [0.25, 0.3) is 0 Å². The van der Waals surface area contributed by atoms with E-state index >= 15 is 0 Å². The van der Waals surface area contributed by atoms with E-state index in [4.69, 9.17) is 10.8 Å². The first kappa shape index (κ1) is 11.1. The van der Waals surface area contributed by atoms with Crippen molar-refractivity contribution in [2.45, 2.75) is 18.9 Å². The van der Waals surface area contributed by atoms with E-state index in [-0.39, 0.29) is 18.3 Å². The van der Waals surface area contributed by atoms with Gasteiger partial charge in [0.15, 0.2) is 5.82 Å². The molecule has 1 unspecified atom stereocenters. The topological polar surface area (TPSA) is 49.5 Å². The summed E-state index contributed by atoms with van der Waals surface area (Å²) in [4.78, 5) is 1.77. The Balaban J connectivity index is 2.39. The molecule has 1 heterocycles. The Labute approximate surface area is 92.5 Å². The van der Waals surface area contributed by atoms with Gasteiger partial charge >= 0.3 is 0 Å². The summed E-state index contributed by atoms with van der Waals surface area (Å²) in [6, 6.07) is 1.89. The second-order valence-electron chi connectivity index (χ2n) is 3.99. The summed E-state index contributed by atoms with van der Waals surface area (Å²) in [6.07, 6.45) is 1.71. The average molecular weight is 228 g/mol. The molecule has 1 atom stereocenters. The molecule has 0 spiro atoms. The molecule has 3 N–H and O–H groups in total. The lowest BCUT2D eigenvalue weighted by molar-refractivity contribution is 0.266. The van der Waals surface area contributed by atoms with E-state index in [0.717, 1.165) is 18.9 Å². The summed E-state index contributed by atoms with van der Waals surface area (Å²) in [5, 5.41) is 9.16. The van der Waals surface area contributed by atoms with Gasteiger partial charge in [-0.25, -0.2) is 8.78 Å². The number of hydrogen-bond donors (Lipinski definition) is 2. The molecule has 0 saturated carbocycles. The van der Waals surface area contributed by atoms with Gasteiger partial charge < -0.3 is 15.7 Å². The molecule has 1 fully saturated rings. The largest absolute Gasteiger partial charge is 0.395 e. The Bertz CT molecular complexity index is 398. The fourth-order valence-corrected chi connectivity index (χ4v) is 2.15. The maximum Gasteiger partial charge on any atom is 0.151 e. The number of nitrogen functional groups attached to an aromatic ring is 1. The number of benzene rings is 1. The van der Waals surface area contributed by atoms with Gasteiger partial charge in [0, 0.05) is 12.6 Å². The van der Waals surface area contributed by atoms with Crippen LogP contribution in [0.2, 0.25) is 0 Å². The zero-order valence-electron chi connectivity index (χ0n) is 8.79. The smallest absolute Gasteiger partial charge is 0.151 e. The van der Waals surface area contributed by atoms with Crippen molar-refractivity contribution in [2.75, 3.05) is 23.8 Å². The average Bonchev–Trinajstić information content (AvgIpc) is 2.71. The van der Waals surface area contributed by atoms with E-state index in [1.807, 2.05) is 0 Å². The van der Waals surface area contributed by atoms with Crippen molar-refractivity contribution in [3.05, 3.63) is 23.8 Å². The van der Waals surface area contributed by atoms with Gasteiger partial charge in [-0.15, -0.1) is 0 Å². The van der Waals surface area contributed by atoms with Gasteiger partial charge in [0.05, 0.1) is 24.0 Å². The molecule has 0 radical (unpaired) electrons. The van der Waals surface area contributed by atoms with Gasteiger partial charge in [-0.2, -0.15) is 0 Å². The Morgan fingerprint density at radius 3 is 2.88 bits per heavy atom. The molecular weight excluding hydrogens is 214 g/mol. The van der Waals surface area contributed by atoms with Crippen LogP contribution in [0.1, 0.15) is 12.8 Å². The van der Waals surface area contributed by atoms with Crippen LogP contribution in [0, 0.1) is 11.6 Å². The highest BCUT2D eigenvalue weighted by Gasteiger charge is 2.26. The summed E-state index contributed by atoms with van der Waals surface area (Å²) >= 11 is 0. The SMILES string of the molecule is Nc1c(F)cc(F)cc1N1CCCC1CO. The van der Waals surface area contributed by atoms with E-state index in [2.05, 4.69) is 0 Å². The van der Waals surface area contributed by atoms with Crippen LogP contribution < -0.4 is 10.6 Å². The monoisotopic (exact) mass is 228 g/mol. The third kappa shape index (κ3) is 1.82. The molecule has 0 bridgehead atoms. The third-order valence-corrected chi connectivity index (χ3v) is 2.97. The predicted molar refractivity (Wildman–Crippen MR) is 58.2 cm³/mol. The summed E-state index contributed by atoms with van der Waals surface area (Å²) in [6.45, 7) is 0.635. The van der Waals surface area contributed by atoms with Crippen molar-refractivity contribution in [2.24, 2.45) is 0 Å². The molecule has 2 rings (SSSR count). The standard InChI is InChI=1S/C11H14F2N2O/c12-7-4-9(13)11(14)10(5-7)15-3-1-2-8(15)6-16/h4-5,8,16H,1-3,6,14H2. The third-order valence-electron chi connectivity index (χ3n) is 2.97. The zero-order chi connectivity index (χ0) is 11.7. The lowest BCUT2D eigenvalue weighted by Crippen LogP contribution is -2.32. The molecule has 0 aliphatic carbocycles. The molecule has 1 aromatic rings. The first-order valence-corrected chi connectivity index (χ1v) is 5.25. The van der Waals surface area contributed by atoms with Gasteiger partial charge in [0.2, 0.25) is 0 Å². The van der Waals surface area contributed by atoms with Gasteiger partial charge in [0.25, 0.3) is 0 Å². The molecule has 16 heavy (non-hydrogen) atoms. The molecular formula is C11H14F2N2O. The van der Waals surface area contributed by atoms with Crippen molar-refractivity contribution in [3.8, 4) is 0 Å². The minimum atomic E-state index is -0.751. The Morgan fingerprint density at radius 2 is 2.19 bits per heavy atom. The highest BCUT2D eigenvalue weighted by atomic mass is 19.1. The van der Waals surface area contributed by atoms with E-state index in [1.165, 1.54) is 6.07 Å². The van der Waals surface area contributed by atoms with Crippen molar-refractivity contribution in [1.29, 1.82) is 0 Å². The second-order valence-corrected chi connectivity index (χ2v) is 3.99. The number of halogens is 2. The van der Waals surface area contributed by atoms with Crippen LogP contribution >= 0.6 is 0 Å². The number of rotatable bonds is 2. The Morgan fingerprint density at radius 1 is 1.44 bits per heavy atom. The molecule has 1 saturated heterocycles. The molecule has 0 aromatic heterocycles. The Hall–Kier alpha value is -1.36. The maximum absolute atomic E-state index is 13.3. The van der Waals surface area contributed by atoms with E-state index in [0.29, 0.717) is 12.2 Å².